The van der Waals surface area contributed by atoms with Crippen LogP contribution in [-0.4, -0.2) is 11.2 Å². The second kappa shape index (κ2) is 6.15. The van der Waals surface area contributed by atoms with Gasteiger partial charge in [-0.3, -0.25) is 0 Å². The Morgan fingerprint density at radius 1 is 0.731 bits per heavy atom. The minimum absolute atomic E-state index is 0.641. The van der Waals surface area contributed by atoms with Crippen LogP contribution in [0.3, 0.4) is 0 Å². The summed E-state index contributed by atoms with van der Waals surface area (Å²) < 4.78 is 9.14. The highest BCUT2D eigenvalue weighted by Crippen LogP contribution is 2.41. The van der Waals surface area contributed by atoms with E-state index >= 15 is 0 Å². The van der Waals surface area contributed by atoms with Crippen LogP contribution in [0, 0.1) is 0 Å². The second-order valence-electron chi connectivity index (χ2n) is 6.86. The number of fused-ring (bicyclic) bond motifs is 3. The molecule has 1 aromatic heterocycles. The van der Waals surface area contributed by atoms with Crippen LogP contribution in [0.4, 0.5) is 0 Å². The third-order valence-corrected chi connectivity index (χ3v) is 5.32. The lowest BCUT2D eigenvalue weighted by Crippen LogP contribution is -2.39. The molecule has 0 bridgehead atoms. The fraction of sp³-hybridized carbons (Fsp3) is 0.167. The zero-order chi connectivity index (χ0) is 17.4. The summed E-state index contributed by atoms with van der Waals surface area (Å²) in [4.78, 5) is 0. The van der Waals surface area contributed by atoms with Gasteiger partial charge in [0.05, 0.1) is 12.1 Å². The van der Waals surface area contributed by atoms with Gasteiger partial charge in [0.25, 0.3) is 0 Å². The van der Waals surface area contributed by atoms with Gasteiger partial charge in [-0.25, -0.2) is 0 Å². The molecule has 0 N–H and O–H groups in total. The molecule has 0 saturated carbocycles. The van der Waals surface area contributed by atoms with E-state index in [9.17, 15) is 0 Å². The monoisotopic (exact) mass is 339 g/mol. The standard InChI is InChI=1S/C24H21NO/c1-3-11-20(12-4-1)24(21-13-5-2-6-14-21)25-22(15-9-17-26-24)18-19-10-7-8-16-23(19)25/h1-8,10-14,16,18H,9,15,17H2. The first-order valence-corrected chi connectivity index (χ1v) is 9.24. The number of ether oxygens (including phenoxy) is 1. The van der Waals surface area contributed by atoms with Gasteiger partial charge in [0.2, 0.25) is 0 Å². The molecule has 2 nitrogen and oxygen atoms in total. The van der Waals surface area contributed by atoms with Crippen LogP contribution >= 0.6 is 0 Å². The topological polar surface area (TPSA) is 14.2 Å². The van der Waals surface area contributed by atoms with Crippen LogP contribution in [0.15, 0.2) is 91.0 Å². The summed E-state index contributed by atoms with van der Waals surface area (Å²) in [7, 11) is 0. The average Bonchev–Trinajstić information content (AvgIpc) is 2.98. The van der Waals surface area contributed by atoms with Crippen LogP contribution in [0.1, 0.15) is 23.2 Å². The lowest BCUT2D eigenvalue weighted by molar-refractivity contribution is -0.0323. The number of hydrogen-bond donors (Lipinski definition) is 0. The van der Waals surface area contributed by atoms with Crippen molar-refractivity contribution < 1.29 is 4.74 Å². The molecule has 2 heteroatoms. The van der Waals surface area contributed by atoms with Crippen molar-refractivity contribution >= 4 is 10.9 Å². The summed E-state index contributed by atoms with van der Waals surface area (Å²) in [5.74, 6) is 0. The molecule has 4 aromatic rings. The molecule has 1 aliphatic rings. The first-order chi connectivity index (χ1) is 12.9. The van der Waals surface area contributed by atoms with E-state index in [0.29, 0.717) is 0 Å². The number of nitrogens with zero attached hydrogens (tertiary/aromatic N) is 1. The molecule has 0 spiro atoms. The molecule has 3 aromatic carbocycles. The number of rotatable bonds is 2. The predicted molar refractivity (Wildman–Crippen MR) is 105 cm³/mol. The predicted octanol–water partition coefficient (Wildman–Crippen LogP) is 5.35. The van der Waals surface area contributed by atoms with Gasteiger partial charge in [-0.15, -0.1) is 0 Å². The summed E-state index contributed by atoms with van der Waals surface area (Å²) >= 11 is 0. The van der Waals surface area contributed by atoms with Gasteiger partial charge in [-0.2, -0.15) is 0 Å². The molecule has 0 fully saturated rings. The van der Waals surface area contributed by atoms with Crippen LogP contribution in [0.5, 0.6) is 0 Å². The van der Waals surface area contributed by atoms with E-state index < -0.39 is 5.72 Å². The van der Waals surface area contributed by atoms with Crippen molar-refractivity contribution in [3.8, 4) is 0 Å². The quantitative estimate of drug-likeness (QED) is 0.480. The molecule has 26 heavy (non-hydrogen) atoms. The van der Waals surface area contributed by atoms with Gasteiger partial charge in [-0.05, 0) is 30.4 Å². The Morgan fingerprint density at radius 3 is 2.04 bits per heavy atom. The summed E-state index contributed by atoms with van der Waals surface area (Å²) in [6.07, 6.45) is 2.05. The van der Waals surface area contributed by atoms with Crippen LogP contribution in [0.25, 0.3) is 10.9 Å². The van der Waals surface area contributed by atoms with E-state index in [1.165, 1.54) is 16.6 Å². The van der Waals surface area contributed by atoms with Crippen LogP contribution in [0.2, 0.25) is 0 Å². The van der Waals surface area contributed by atoms with Crippen molar-refractivity contribution in [3.63, 3.8) is 0 Å². The fourth-order valence-corrected chi connectivity index (χ4v) is 4.23. The van der Waals surface area contributed by atoms with E-state index in [2.05, 4.69) is 95.6 Å². The van der Waals surface area contributed by atoms with E-state index in [1.807, 2.05) is 0 Å². The van der Waals surface area contributed by atoms with Gasteiger partial charge in [-0.1, -0.05) is 78.9 Å². The average molecular weight is 339 g/mol. The molecule has 0 aliphatic carbocycles. The molecule has 5 rings (SSSR count). The maximum Gasteiger partial charge on any atom is 0.197 e. The smallest absolute Gasteiger partial charge is 0.197 e. The Bertz CT molecular complexity index is 994. The molecule has 0 saturated heterocycles. The molecular weight excluding hydrogens is 318 g/mol. The summed E-state index contributed by atoms with van der Waals surface area (Å²) in [6.45, 7) is 0.736. The molecule has 128 valence electrons. The first-order valence-electron chi connectivity index (χ1n) is 9.24. The van der Waals surface area contributed by atoms with E-state index in [4.69, 9.17) is 4.74 Å². The largest absolute Gasteiger partial charge is 0.347 e. The van der Waals surface area contributed by atoms with Crippen molar-refractivity contribution in [2.75, 3.05) is 6.61 Å². The normalized spacial score (nSPS) is 16.2. The summed E-state index contributed by atoms with van der Waals surface area (Å²) in [5, 5.41) is 1.27. The summed E-state index contributed by atoms with van der Waals surface area (Å²) in [6, 6.07) is 32.2. The van der Waals surface area contributed by atoms with Gasteiger partial charge >= 0.3 is 0 Å². The van der Waals surface area contributed by atoms with Gasteiger partial charge in [0.15, 0.2) is 5.72 Å². The molecule has 0 unspecified atom stereocenters. The zero-order valence-electron chi connectivity index (χ0n) is 14.6. The van der Waals surface area contributed by atoms with E-state index in [1.54, 1.807) is 0 Å². The highest BCUT2D eigenvalue weighted by molar-refractivity contribution is 5.82. The van der Waals surface area contributed by atoms with Crippen molar-refractivity contribution in [1.82, 2.24) is 4.57 Å². The molecular formula is C24H21NO. The minimum atomic E-state index is -0.641. The molecule has 0 amide bonds. The second-order valence-corrected chi connectivity index (χ2v) is 6.86. The van der Waals surface area contributed by atoms with Crippen molar-refractivity contribution in [2.45, 2.75) is 18.6 Å². The fourth-order valence-electron chi connectivity index (χ4n) is 4.23. The Balaban J connectivity index is 1.92. The number of benzene rings is 3. The van der Waals surface area contributed by atoms with E-state index in [0.717, 1.165) is 30.6 Å². The molecule has 0 atom stereocenters. The van der Waals surface area contributed by atoms with Gasteiger partial charge in [0.1, 0.15) is 0 Å². The zero-order valence-corrected chi connectivity index (χ0v) is 14.6. The van der Waals surface area contributed by atoms with Gasteiger partial charge in [0, 0.05) is 16.8 Å². The lowest BCUT2D eigenvalue weighted by Gasteiger charge is -2.37. The first kappa shape index (κ1) is 15.4. The maximum atomic E-state index is 6.72. The van der Waals surface area contributed by atoms with Crippen LogP contribution in [-0.2, 0) is 16.9 Å². The van der Waals surface area contributed by atoms with E-state index in [-0.39, 0.29) is 0 Å². The number of hydrogen-bond acceptors (Lipinski definition) is 1. The number of para-hydroxylation sites is 1. The van der Waals surface area contributed by atoms with Crippen molar-refractivity contribution in [1.29, 1.82) is 0 Å². The number of aryl methyl sites for hydroxylation is 1. The minimum Gasteiger partial charge on any atom is -0.347 e. The third kappa shape index (κ3) is 2.23. The van der Waals surface area contributed by atoms with Crippen LogP contribution < -0.4 is 0 Å². The molecule has 0 radical (unpaired) electrons. The molecule has 2 heterocycles. The SMILES string of the molecule is c1ccc(C2(c3ccccc3)OCCCc3cc4ccccc4n32)cc1. The highest BCUT2D eigenvalue weighted by Gasteiger charge is 2.40. The third-order valence-electron chi connectivity index (χ3n) is 5.32. The Labute approximate surface area is 153 Å². The van der Waals surface area contributed by atoms with Gasteiger partial charge < -0.3 is 9.30 Å². The van der Waals surface area contributed by atoms with Crippen molar-refractivity contribution in [3.05, 3.63) is 108 Å². The lowest BCUT2D eigenvalue weighted by atomic mass is 9.93. The van der Waals surface area contributed by atoms with Crippen molar-refractivity contribution in [2.24, 2.45) is 0 Å². The Morgan fingerprint density at radius 2 is 1.35 bits per heavy atom. The molecule has 1 aliphatic heterocycles. The summed E-state index contributed by atoms with van der Waals surface area (Å²) in [5.41, 5.74) is 4.23. The maximum absolute atomic E-state index is 6.72. The highest BCUT2D eigenvalue weighted by atomic mass is 16.5. The number of aromatic nitrogens is 1. The Hall–Kier alpha value is -2.84. The Kier molecular flexibility index (Phi) is 3.65.